The molecule has 1 N–H and O–H groups in total. The average Bonchev–Trinajstić information content (AvgIpc) is 2.35. The lowest BCUT2D eigenvalue weighted by Gasteiger charge is -2.41. The zero-order valence-corrected chi connectivity index (χ0v) is 12.0. The summed E-state index contributed by atoms with van der Waals surface area (Å²) in [5, 5.41) is 3.94. The Balaban J connectivity index is 1.82. The highest BCUT2D eigenvalue weighted by molar-refractivity contribution is 4.87. The van der Waals surface area contributed by atoms with Crippen LogP contribution < -0.4 is 5.32 Å². The first kappa shape index (κ1) is 13.4. The van der Waals surface area contributed by atoms with E-state index in [9.17, 15) is 0 Å². The molecule has 0 aromatic heterocycles. The summed E-state index contributed by atoms with van der Waals surface area (Å²) in [6.45, 7) is 7.03. The molecule has 0 saturated heterocycles. The van der Waals surface area contributed by atoms with Crippen LogP contribution in [0.4, 0.5) is 0 Å². The number of rotatable bonds is 4. The molecule has 0 aromatic carbocycles. The van der Waals surface area contributed by atoms with E-state index in [4.69, 9.17) is 0 Å². The van der Waals surface area contributed by atoms with Gasteiger partial charge in [-0.1, -0.05) is 46.5 Å². The molecular weight excluding hydrogens is 206 g/mol. The standard InChI is InChI=1S/C16H31N/c1-4-16(12(2)3)17-15-10-9-13-7-5-6-8-14(13)11-15/h12-17H,4-11H2,1-3H3. The summed E-state index contributed by atoms with van der Waals surface area (Å²) in [6, 6.07) is 1.56. The van der Waals surface area contributed by atoms with Gasteiger partial charge in [0.15, 0.2) is 0 Å². The monoisotopic (exact) mass is 237 g/mol. The Hall–Kier alpha value is -0.0400. The summed E-state index contributed by atoms with van der Waals surface area (Å²) < 4.78 is 0. The molecule has 1 nitrogen and oxygen atoms in total. The van der Waals surface area contributed by atoms with E-state index < -0.39 is 0 Å². The second kappa shape index (κ2) is 6.22. The van der Waals surface area contributed by atoms with Gasteiger partial charge in [0.25, 0.3) is 0 Å². The molecule has 2 fully saturated rings. The summed E-state index contributed by atoms with van der Waals surface area (Å²) in [5.41, 5.74) is 0. The van der Waals surface area contributed by atoms with Crippen molar-refractivity contribution in [3.63, 3.8) is 0 Å². The van der Waals surface area contributed by atoms with Crippen molar-refractivity contribution in [3.05, 3.63) is 0 Å². The summed E-state index contributed by atoms with van der Waals surface area (Å²) in [7, 11) is 0. The van der Waals surface area contributed by atoms with Crippen LogP contribution in [0.1, 0.15) is 72.1 Å². The molecule has 0 heterocycles. The molecule has 0 aromatic rings. The van der Waals surface area contributed by atoms with E-state index >= 15 is 0 Å². The first-order chi connectivity index (χ1) is 8.20. The highest BCUT2D eigenvalue weighted by Gasteiger charge is 2.32. The molecular formula is C16H31N. The van der Waals surface area contributed by atoms with Gasteiger partial charge in [-0.05, 0) is 43.4 Å². The molecule has 0 aliphatic heterocycles. The van der Waals surface area contributed by atoms with E-state index in [-0.39, 0.29) is 0 Å². The highest BCUT2D eigenvalue weighted by Crippen LogP contribution is 2.40. The molecule has 2 aliphatic rings. The summed E-state index contributed by atoms with van der Waals surface area (Å²) in [6.07, 6.45) is 11.7. The Kier molecular flexibility index (Phi) is 4.90. The third kappa shape index (κ3) is 3.47. The lowest BCUT2D eigenvalue weighted by molar-refractivity contribution is 0.134. The van der Waals surface area contributed by atoms with Crippen LogP contribution in [0.25, 0.3) is 0 Å². The molecule has 100 valence electrons. The van der Waals surface area contributed by atoms with Gasteiger partial charge < -0.3 is 5.32 Å². The maximum Gasteiger partial charge on any atom is 0.00900 e. The minimum atomic E-state index is 0.736. The van der Waals surface area contributed by atoms with E-state index in [2.05, 4.69) is 26.1 Å². The molecule has 0 amide bonds. The molecule has 0 radical (unpaired) electrons. The molecule has 4 atom stereocenters. The van der Waals surface area contributed by atoms with Gasteiger partial charge in [0.2, 0.25) is 0 Å². The van der Waals surface area contributed by atoms with Crippen LogP contribution in [-0.2, 0) is 0 Å². The molecule has 2 saturated carbocycles. The maximum absolute atomic E-state index is 3.94. The van der Waals surface area contributed by atoms with Crippen molar-refractivity contribution >= 4 is 0 Å². The molecule has 0 bridgehead atoms. The Bertz CT molecular complexity index is 224. The summed E-state index contributed by atoms with van der Waals surface area (Å²) in [5.74, 6) is 2.92. The Morgan fingerprint density at radius 1 is 1.00 bits per heavy atom. The van der Waals surface area contributed by atoms with E-state index in [0.717, 1.165) is 29.8 Å². The minimum Gasteiger partial charge on any atom is -0.311 e. The van der Waals surface area contributed by atoms with E-state index in [1.807, 2.05) is 0 Å². The summed E-state index contributed by atoms with van der Waals surface area (Å²) in [4.78, 5) is 0. The number of hydrogen-bond donors (Lipinski definition) is 1. The zero-order valence-electron chi connectivity index (χ0n) is 12.0. The molecule has 4 unspecified atom stereocenters. The topological polar surface area (TPSA) is 12.0 Å². The van der Waals surface area contributed by atoms with Gasteiger partial charge in [-0.2, -0.15) is 0 Å². The quantitative estimate of drug-likeness (QED) is 0.765. The third-order valence-corrected chi connectivity index (χ3v) is 5.23. The van der Waals surface area contributed by atoms with Crippen molar-refractivity contribution in [2.75, 3.05) is 0 Å². The van der Waals surface area contributed by atoms with Gasteiger partial charge in [-0.15, -0.1) is 0 Å². The van der Waals surface area contributed by atoms with Gasteiger partial charge in [-0.3, -0.25) is 0 Å². The smallest absolute Gasteiger partial charge is 0.00900 e. The van der Waals surface area contributed by atoms with Crippen molar-refractivity contribution < 1.29 is 0 Å². The van der Waals surface area contributed by atoms with Gasteiger partial charge in [-0.25, -0.2) is 0 Å². The normalized spacial score (nSPS) is 35.6. The van der Waals surface area contributed by atoms with Crippen molar-refractivity contribution in [2.45, 2.75) is 84.2 Å². The van der Waals surface area contributed by atoms with Crippen LogP contribution in [0.2, 0.25) is 0 Å². The zero-order chi connectivity index (χ0) is 12.3. The highest BCUT2D eigenvalue weighted by atomic mass is 15.0. The largest absolute Gasteiger partial charge is 0.311 e. The van der Waals surface area contributed by atoms with Gasteiger partial charge in [0.05, 0.1) is 0 Å². The second-order valence-electron chi connectivity index (χ2n) is 6.74. The predicted octanol–water partition coefficient (Wildman–Crippen LogP) is 4.37. The van der Waals surface area contributed by atoms with Gasteiger partial charge >= 0.3 is 0 Å². The lowest BCUT2D eigenvalue weighted by Crippen LogP contribution is -2.45. The Morgan fingerprint density at radius 3 is 2.35 bits per heavy atom. The third-order valence-electron chi connectivity index (χ3n) is 5.23. The molecule has 2 rings (SSSR count). The van der Waals surface area contributed by atoms with Crippen molar-refractivity contribution in [1.29, 1.82) is 0 Å². The average molecular weight is 237 g/mol. The number of nitrogens with one attached hydrogen (secondary N) is 1. The van der Waals surface area contributed by atoms with Crippen LogP contribution in [0.5, 0.6) is 0 Å². The van der Waals surface area contributed by atoms with Gasteiger partial charge in [0, 0.05) is 12.1 Å². The van der Waals surface area contributed by atoms with Crippen LogP contribution in [0.3, 0.4) is 0 Å². The van der Waals surface area contributed by atoms with Crippen LogP contribution in [-0.4, -0.2) is 12.1 Å². The van der Waals surface area contributed by atoms with E-state index in [1.54, 1.807) is 0 Å². The predicted molar refractivity (Wildman–Crippen MR) is 75.1 cm³/mol. The Morgan fingerprint density at radius 2 is 1.71 bits per heavy atom. The fourth-order valence-corrected chi connectivity index (χ4v) is 4.11. The van der Waals surface area contributed by atoms with Crippen LogP contribution in [0, 0.1) is 17.8 Å². The molecule has 1 heteroatoms. The van der Waals surface area contributed by atoms with Crippen LogP contribution in [0.15, 0.2) is 0 Å². The molecule has 17 heavy (non-hydrogen) atoms. The van der Waals surface area contributed by atoms with E-state index in [0.29, 0.717) is 0 Å². The molecule has 0 spiro atoms. The van der Waals surface area contributed by atoms with Crippen molar-refractivity contribution in [2.24, 2.45) is 17.8 Å². The van der Waals surface area contributed by atoms with Crippen molar-refractivity contribution in [1.82, 2.24) is 5.32 Å². The second-order valence-corrected chi connectivity index (χ2v) is 6.74. The van der Waals surface area contributed by atoms with Crippen molar-refractivity contribution in [3.8, 4) is 0 Å². The number of fused-ring (bicyclic) bond motifs is 1. The SMILES string of the molecule is CCC(NC1CCC2CCCCC2C1)C(C)C. The fourth-order valence-electron chi connectivity index (χ4n) is 4.11. The fraction of sp³-hybridized carbons (Fsp3) is 1.00. The Labute approximate surface area is 108 Å². The first-order valence-corrected chi connectivity index (χ1v) is 7.96. The first-order valence-electron chi connectivity index (χ1n) is 7.96. The van der Waals surface area contributed by atoms with E-state index in [1.165, 1.54) is 51.4 Å². The number of hydrogen-bond acceptors (Lipinski definition) is 1. The minimum absolute atomic E-state index is 0.736. The molecule has 2 aliphatic carbocycles. The lowest BCUT2D eigenvalue weighted by atomic mass is 9.69. The maximum atomic E-state index is 3.94. The van der Waals surface area contributed by atoms with Crippen LogP contribution >= 0.6 is 0 Å². The summed E-state index contributed by atoms with van der Waals surface area (Å²) >= 11 is 0. The van der Waals surface area contributed by atoms with Gasteiger partial charge in [0.1, 0.15) is 0 Å².